The first-order chi connectivity index (χ1) is 10.5. The molecule has 2 rings (SSSR count). The lowest BCUT2D eigenvalue weighted by Crippen LogP contribution is -2.26. The highest BCUT2D eigenvalue weighted by Crippen LogP contribution is 2.21. The lowest BCUT2D eigenvalue weighted by atomic mass is 10.1. The molecule has 22 heavy (non-hydrogen) atoms. The van der Waals surface area contributed by atoms with Crippen LogP contribution in [0.25, 0.3) is 11.3 Å². The van der Waals surface area contributed by atoms with Gasteiger partial charge in [-0.25, -0.2) is 4.68 Å². The maximum Gasteiger partial charge on any atom is 0.272 e. The van der Waals surface area contributed by atoms with Gasteiger partial charge in [-0.05, 0) is 50.6 Å². The molecule has 0 atom stereocenters. The van der Waals surface area contributed by atoms with E-state index in [1.165, 1.54) is 4.68 Å². The average Bonchev–Trinajstić information content (AvgIpc) is 2.50. The Hall–Kier alpha value is -2.14. The van der Waals surface area contributed by atoms with Gasteiger partial charge in [0.2, 0.25) is 0 Å². The zero-order valence-electron chi connectivity index (χ0n) is 13.2. The van der Waals surface area contributed by atoms with Crippen LogP contribution in [0.1, 0.15) is 32.8 Å². The highest BCUT2D eigenvalue weighted by atomic mass is 16.5. The second-order valence-corrected chi connectivity index (χ2v) is 5.43. The predicted molar refractivity (Wildman–Crippen MR) is 85.9 cm³/mol. The van der Waals surface area contributed by atoms with Gasteiger partial charge >= 0.3 is 0 Å². The Morgan fingerprint density at radius 2 is 1.95 bits per heavy atom. The molecule has 0 aliphatic heterocycles. The van der Waals surface area contributed by atoms with Crippen molar-refractivity contribution in [2.75, 3.05) is 0 Å². The van der Waals surface area contributed by atoms with Crippen LogP contribution >= 0.6 is 0 Å². The van der Waals surface area contributed by atoms with Gasteiger partial charge in [0.25, 0.3) is 5.56 Å². The number of nitrogens with zero attached hydrogens (tertiary/aromatic N) is 2. The number of aromatic nitrogens is 2. The molecule has 0 bridgehead atoms. The van der Waals surface area contributed by atoms with Crippen LogP contribution in [0.4, 0.5) is 0 Å². The molecule has 5 nitrogen and oxygen atoms in total. The number of aliphatic hydroxyl groups excluding tert-OH is 1. The van der Waals surface area contributed by atoms with Gasteiger partial charge in [0, 0.05) is 17.7 Å². The lowest BCUT2D eigenvalue weighted by Gasteiger charge is -2.11. The monoisotopic (exact) mass is 302 g/mol. The summed E-state index contributed by atoms with van der Waals surface area (Å²) < 4.78 is 7.03. The molecular formula is C17H22N2O3. The molecule has 118 valence electrons. The van der Waals surface area contributed by atoms with E-state index in [1.807, 2.05) is 45.0 Å². The summed E-state index contributed by atoms with van der Waals surface area (Å²) in [5.74, 6) is 0.794. The summed E-state index contributed by atoms with van der Waals surface area (Å²) in [5, 5.41) is 13.7. The number of ether oxygens (including phenoxy) is 1. The minimum Gasteiger partial charge on any atom is -0.491 e. The highest BCUT2D eigenvalue weighted by molar-refractivity contribution is 5.60. The van der Waals surface area contributed by atoms with E-state index in [2.05, 4.69) is 5.10 Å². The minimum absolute atomic E-state index is 0.122. The molecule has 0 saturated heterocycles. The van der Waals surface area contributed by atoms with E-state index < -0.39 is 0 Å². The van der Waals surface area contributed by atoms with Crippen molar-refractivity contribution in [1.82, 2.24) is 9.78 Å². The second-order valence-electron chi connectivity index (χ2n) is 5.43. The number of rotatable bonds is 6. The summed E-state index contributed by atoms with van der Waals surface area (Å²) in [7, 11) is 0. The third kappa shape index (κ3) is 3.74. The van der Waals surface area contributed by atoms with Crippen molar-refractivity contribution >= 4 is 0 Å². The molecule has 0 fully saturated rings. The number of hydrogen-bond donors (Lipinski definition) is 1. The van der Waals surface area contributed by atoms with Crippen LogP contribution < -0.4 is 10.3 Å². The van der Waals surface area contributed by atoms with Crippen molar-refractivity contribution in [3.05, 3.63) is 46.2 Å². The third-order valence-electron chi connectivity index (χ3n) is 3.18. The van der Waals surface area contributed by atoms with Gasteiger partial charge in [0.1, 0.15) is 5.75 Å². The fourth-order valence-electron chi connectivity index (χ4n) is 2.19. The molecule has 0 spiro atoms. The predicted octanol–water partition coefficient (Wildman–Crippen LogP) is 2.60. The van der Waals surface area contributed by atoms with Gasteiger partial charge in [-0.3, -0.25) is 4.79 Å². The van der Waals surface area contributed by atoms with Crippen molar-refractivity contribution < 1.29 is 9.84 Å². The van der Waals surface area contributed by atoms with E-state index in [0.29, 0.717) is 17.8 Å². The fourth-order valence-corrected chi connectivity index (χ4v) is 2.19. The SMILES string of the molecule is CCCn1nc(-c2ccc(OC(C)C)cc2)cc(CO)c1=O. The average molecular weight is 302 g/mol. The molecule has 5 heteroatoms. The lowest BCUT2D eigenvalue weighted by molar-refractivity contribution is 0.242. The first kappa shape index (κ1) is 16.2. The second kappa shape index (κ2) is 7.22. The van der Waals surface area contributed by atoms with Crippen molar-refractivity contribution in [3.8, 4) is 17.0 Å². The zero-order valence-corrected chi connectivity index (χ0v) is 13.2. The van der Waals surface area contributed by atoms with Crippen LogP contribution in [0.3, 0.4) is 0 Å². The van der Waals surface area contributed by atoms with Gasteiger partial charge in [-0.2, -0.15) is 5.10 Å². The summed E-state index contributed by atoms with van der Waals surface area (Å²) in [6, 6.07) is 9.21. The molecule has 0 unspecified atom stereocenters. The summed E-state index contributed by atoms with van der Waals surface area (Å²) >= 11 is 0. The molecule has 1 aromatic heterocycles. The van der Waals surface area contributed by atoms with Gasteiger partial charge < -0.3 is 9.84 Å². The third-order valence-corrected chi connectivity index (χ3v) is 3.18. The summed E-state index contributed by atoms with van der Waals surface area (Å²) in [6.45, 7) is 6.19. The van der Waals surface area contributed by atoms with Crippen molar-refractivity contribution in [3.63, 3.8) is 0 Å². The standard InChI is InChI=1S/C17H22N2O3/c1-4-9-19-17(21)14(11-20)10-16(18-19)13-5-7-15(8-6-13)22-12(2)3/h5-8,10,12,20H,4,9,11H2,1-3H3. The van der Waals surface area contributed by atoms with Crippen molar-refractivity contribution in [2.24, 2.45) is 0 Å². The topological polar surface area (TPSA) is 64.3 Å². The molecule has 0 saturated carbocycles. The molecule has 1 aromatic carbocycles. The van der Waals surface area contributed by atoms with E-state index >= 15 is 0 Å². The number of aliphatic hydroxyl groups is 1. The van der Waals surface area contributed by atoms with Gasteiger partial charge in [0.15, 0.2) is 0 Å². The number of hydrogen-bond acceptors (Lipinski definition) is 4. The minimum atomic E-state index is -0.285. The van der Waals surface area contributed by atoms with Crippen LogP contribution in [-0.2, 0) is 13.2 Å². The van der Waals surface area contributed by atoms with Crippen LogP contribution in [0.15, 0.2) is 35.1 Å². The molecule has 1 N–H and O–H groups in total. The summed E-state index contributed by atoms with van der Waals surface area (Å²) in [5.41, 5.74) is 1.69. The molecule has 0 aliphatic carbocycles. The Morgan fingerprint density at radius 1 is 1.27 bits per heavy atom. The quantitative estimate of drug-likeness (QED) is 0.891. The fraction of sp³-hybridized carbons (Fsp3) is 0.412. The Morgan fingerprint density at radius 3 is 2.50 bits per heavy atom. The molecule has 0 amide bonds. The van der Waals surface area contributed by atoms with Crippen LogP contribution in [0, 0.1) is 0 Å². The Bertz CT molecular complexity index is 675. The molecule has 1 heterocycles. The summed E-state index contributed by atoms with van der Waals surface area (Å²) in [4.78, 5) is 12.1. The molecule has 0 radical (unpaired) electrons. The van der Waals surface area contributed by atoms with E-state index in [0.717, 1.165) is 17.7 Å². The van der Waals surface area contributed by atoms with Crippen molar-refractivity contribution in [1.29, 1.82) is 0 Å². The smallest absolute Gasteiger partial charge is 0.272 e. The largest absolute Gasteiger partial charge is 0.491 e. The maximum atomic E-state index is 12.1. The van der Waals surface area contributed by atoms with Crippen molar-refractivity contribution in [2.45, 2.75) is 46.4 Å². The van der Waals surface area contributed by atoms with Crippen LogP contribution in [0.2, 0.25) is 0 Å². The van der Waals surface area contributed by atoms with Gasteiger partial charge in [-0.15, -0.1) is 0 Å². The van der Waals surface area contributed by atoms with E-state index in [9.17, 15) is 9.90 Å². The van der Waals surface area contributed by atoms with Gasteiger partial charge in [0.05, 0.1) is 18.4 Å². The van der Waals surface area contributed by atoms with Crippen LogP contribution in [-0.4, -0.2) is 21.0 Å². The van der Waals surface area contributed by atoms with E-state index in [4.69, 9.17) is 4.74 Å². The molecule has 2 aromatic rings. The first-order valence-corrected chi connectivity index (χ1v) is 7.54. The van der Waals surface area contributed by atoms with Crippen LogP contribution in [0.5, 0.6) is 5.75 Å². The normalized spacial score (nSPS) is 11.0. The Labute approximate surface area is 130 Å². The van der Waals surface area contributed by atoms with E-state index in [-0.39, 0.29) is 18.3 Å². The highest BCUT2D eigenvalue weighted by Gasteiger charge is 2.09. The Balaban J connectivity index is 2.39. The maximum absolute atomic E-state index is 12.1. The van der Waals surface area contributed by atoms with E-state index in [1.54, 1.807) is 6.07 Å². The first-order valence-electron chi connectivity index (χ1n) is 7.54. The zero-order chi connectivity index (χ0) is 16.1. The van der Waals surface area contributed by atoms with Gasteiger partial charge in [-0.1, -0.05) is 6.92 Å². The Kier molecular flexibility index (Phi) is 5.33. The number of aryl methyl sites for hydroxylation is 1. The molecular weight excluding hydrogens is 280 g/mol. The number of benzene rings is 1. The molecule has 0 aliphatic rings. The summed E-state index contributed by atoms with van der Waals surface area (Å²) in [6.07, 6.45) is 0.930.